The number of amides is 1. The predicted molar refractivity (Wildman–Crippen MR) is 92.1 cm³/mol. The van der Waals surface area contributed by atoms with Crippen molar-refractivity contribution in [1.82, 2.24) is 5.06 Å². The highest BCUT2D eigenvalue weighted by Crippen LogP contribution is 2.44. The molecule has 1 fully saturated rings. The second-order valence-electron chi connectivity index (χ2n) is 5.62. The first-order valence-corrected chi connectivity index (χ1v) is 9.66. The molecule has 1 aromatic carbocycles. The van der Waals surface area contributed by atoms with Gasteiger partial charge in [-0.2, -0.15) is 13.5 Å². The lowest BCUT2D eigenvalue weighted by Crippen LogP contribution is -2.39. The zero-order valence-corrected chi connectivity index (χ0v) is 15.4. The first kappa shape index (κ1) is 20.7. The van der Waals surface area contributed by atoms with Crippen molar-refractivity contribution < 1.29 is 37.4 Å². The number of anilines is 1. The number of aromatic hydroxyl groups is 2. The average molecular weight is 405 g/mol. The van der Waals surface area contributed by atoms with E-state index in [0.717, 1.165) is 0 Å². The number of phenolic OH excluding ortho intramolecular Hbond substituents is 2. The number of benzene rings is 1. The van der Waals surface area contributed by atoms with E-state index in [-0.39, 0.29) is 38.5 Å². The van der Waals surface area contributed by atoms with Crippen molar-refractivity contribution in [3.8, 4) is 11.5 Å². The third-order valence-corrected chi connectivity index (χ3v) is 4.16. The highest BCUT2D eigenvalue weighted by molar-refractivity contribution is 7.85. The molecule has 1 aliphatic rings. The van der Waals surface area contributed by atoms with Crippen molar-refractivity contribution in [2.24, 2.45) is 0 Å². The molecule has 2 N–H and O–H groups in total. The summed E-state index contributed by atoms with van der Waals surface area (Å²) in [5.41, 5.74) is -1.68. The lowest BCUT2D eigenvalue weighted by atomic mass is 10.1. The Hall–Kier alpha value is -2.64. The molecule has 150 valence electrons. The first-order valence-electron chi connectivity index (χ1n) is 7.84. The molecule has 1 saturated heterocycles. The number of hydrogen-bond acceptors (Lipinski definition) is 10. The molecule has 1 heterocycles. The SMILES string of the molecule is CCN(OS(C)(=O)=O)C(=O)c1c([N+](=O)[O-])cc(O)c(O)c1N1CCOCC1. The van der Waals surface area contributed by atoms with Crippen molar-refractivity contribution >= 4 is 27.4 Å². The van der Waals surface area contributed by atoms with Gasteiger partial charge in [0.25, 0.3) is 21.7 Å². The van der Waals surface area contributed by atoms with Crippen LogP contribution in [-0.4, -0.2) is 73.6 Å². The second kappa shape index (κ2) is 7.94. The Labute approximate surface area is 154 Å². The van der Waals surface area contributed by atoms with Crippen LogP contribution in [0.15, 0.2) is 6.07 Å². The summed E-state index contributed by atoms with van der Waals surface area (Å²) in [6.45, 7) is 2.00. The molecule has 1 amide bonds. The number of carbonyl (C=O) groups is 1. The summed E-state index contributed by atoms with van der Waals surface area (Å²) in [4.78, 5) is 24.9. The molecule has 0 saturated carbocycles. The van der Waals surface area contributed by atoms with E-state index in [1.807, 2.05) is 0 Å². The summed E-state index contributed by atoms with van der Waals surface area (Å²) in [5, 5.41) is 32.1. The molecule has 12 nitrogen and oxygen atoms in total. The van der Waals surface area contributed by atoms with E-state index >= 15 is 0 Å². The standard InChI is InChI=1S/C14H19N3O9S/c1-3-16(26-27(2,23)24)14(20)11-9(17(21)22)8-10(18)13(19)12(11)15-4-6-25-7-5-15/h8,18-19H,3-7H2,1-2H3. The van der Waals surface area contributed by atoms with Crippen molar-refractivity contribution in [2.45, 2.75) is 6.92 Å². The van der Waals surface area contributed by atoms with Crippen LogP contribution in [0.25, 0.3) is 0 Å². The molecule has 0 atom stereocenters. The molecule has 27 heavy (non-hydrogen) atoms. The van der Waals surface area contributed by atoms with E-state index in [4.69, 9.17) is 4.74 Å². The van der Waals surface area contributed by atoms with Crippen LogP contribution < -0.4 is 4.90 Å². The van der Waals surface area contributed by atoms with Gasteiger partial charge in [0.15, 0.2) is 11.5 Å². The van der Waals surface area contributed by atoms with E-state index in [0.29, 0.717) is 17.4 Å². The number of carbonyl (C=O) groups excluding carboxylic acids is 1. The van der Waals surface area contributed by atoms with Gasteiger partial charge in [0.2, 0.25) is 0 Å². The van der Waals surface area contributed by atoms with Crippen LogP contribution in [0.3, 0.4) is 0 Å². The largest absolute Gasteiger partial charge is 0.504 e. The van der Waals surface area contributed by atoms with Crippen LogP contribution in [0.1, 0.15) is 17.3 Å². The minimum Gasteiger partial charge on any atom is -0.504 e. The molecular weight excluding hydrogens is 386 g/mol. The molecule has 0 radical (unpaired) electrons. The van der Waals surface area contributed by atoms with Gasteiger partial charge in [-0.3, -0.25) is 14.9 Å². The van der Waals surface area contributed by atoms with Gasteiger partial charge in [-0.25, -0.2) is 0 Å². The Bertz CT molecular complexity index is 850. The van der Waals surface area contributed by atoms with Gasteiger partial charge >= 0.3 is 0 Å². The zero-order chi connectivity index (χ0) is 20.4. The molecule has 0 spiro atoms. The number of ether oxygens (including phenoxy) is 1. The monoisotopic (exact) mass is 405 g/mol. The van der Waals surface area contributed by atoms with E-state index < -0.39 is 43.7 Å². The van der Waals surface area contributed by atoms with Gasteiger partial charge in [0.05, 0.1) is 30.5 Å². The van der Waals surface area contributed by atoms with Crippen LogP contribution >= 0.6 is 0 Å². The fourth-order valence-electron chi connectivity index (χ4n) is 2.60. The summed E-state index contributed by atoms with van der Waals surface area (Å²) in [5.74, 6) is -2.67. The van der Waals surface area contributed by atoms with Crippen LogP contribution in [0.4, 0.5) is 11.4 Å². The number of nitrogens with zero attached hydrogens (tertiary/aromatic N) is 3. The van der Waals surface area contributed by atoms with Crippen LogP contribution in [0, 0.1) is 10.1 Å². The Morgan fingerprint density at radius 3 is 2.48 bits per heavy atom. The van der Waals surface area contributed by atoms with E-state index in [2.05, 4.69) is 4.28 Å². The number of morpholine rings is 1. The topological polar surface area (TPSA) is 160 Å². The van der Waals surface area contributed by atoms with Crippen molar-refractivity contribution in [2.75, 3.05) is 44.0 Å². The van der Waals surface area contributed by atoms with Gasteiger partial charge in [-0.15, -0.1) is 4.28 Å². The van der Waals surface area contributed by atoms with Gasteiger partial charge in [0, 0.05) is 19.6 Å². The summed E-state index contributed by atoms with van der Waals surface area (Å²) in [6.07, 6.45) is 0.717. The third kappa shape index (κ3) is 4.56. The maximum absolute atomic E-state index is 12.9. The van der Waals surface area contributed by atoms with E-state index in [1.54, 1.807) is 0 Å². The van der Waals surface area contributed by atoms with Crippen molar-refractivity contribution in [1.29, 1.82) is 0 Å². The first-order chi connectivity index (χ1) is 12.6. The number of rotatable bonds is 6. The van der Waals surface area contributed by atoms with E-state index in [9.17, 15) is 33.5 Å². The quantitative estimate of drug-likeness (QED) is 0.380. The summed E-state index contributed by atoms with van der Waals surface area (Å²) >= 11 is 0. The number of hydroxylamine groups is 2. The van der Waals surface area contributed by atoms with Crippen LogP contribution in [0.2, 0.25) is 0 Å². The maximum Gasteiger partial charge on any atom is 0.288 e. The fraction of sp³-hybridized carbons (Fsp3) is 0.500. The Morgan fingerprint density at radius 1 is 1.41 bits per heavy atom. The lowest BCUT2D eigenvalue weighted by molar-refractivity contribution is -0.385. The van der Waals surface area contributed by atoms with Gasteiger partial charge < -0.3 is 19.8 Å². The average Bonchev–Trinajstić information content (AvgIpc) is 2.60. The Balaban J connectivity index is 2.68. The molecule has 1 aliphatic heterocycles. The van der Waals surface area contributed by atoms with Gasteiger partial charge in [0.1, 0.15) is 11.3 Å². The summed E-state index contributed by atoms with van der Waals surface area (Å²) in [6, 6.07) is 0.626. The van der Waals surface area contributed by atoms with Gasteiger partial charge in [-0.05, 0) is 6.92 Å². The summed E-state index contributed by atoms with van der Waals surface area (Å²) < 4.78 is 32.6. The maximum atomic E-state index is 12.9. The molecule has 0 unspecified atom stereocenters. The highest BCUT2D eigenvalue weighted by atomic mass is 32.2. The van der Waals surface area contributed by atoms with Gasteiger partial charge in [-0.1, -0.05) is 0 Å². The normalized spacial score (nSPS) is 14.8. The minimum absolute atomic E-state index is 0.188. The van der Waals surface area contributed by atoms with Crippen molar-refractivity contribution in [3.05, 3.63) is 21.7 Å². The second-order valence-corrected chi connectivity index (χ2v) is 7.18. The van der Waals surface area contributed by atoms with Crippen molar-refractivity contribution in [3.63, 3.8) is 0 Å². The fourth-order valence-corrected chi connectivity index (χ4v) is 3.10. The number of nitro benzene ring substituents is 1. The number of hydrogen-bond donors (Lipinski definition) is 2. The molecule has 0 aliphatic carbocycles. The third-order valence-electron chi connectivity index (χ3n) is 3.71. The molecule has 1 aromatic rings. The number of phenols is 2. The lowest BCUT2D eigenvalue weighted by Gasteiger charge is -2.31. The highest BCUT2D eigenvalue weighted by Gasteiger charge is 2.36. The van der Waals surface area contributed by atoms with E-state index in [1.165, 1.54) is 11.8 Å². The zero-order valence-electron chi connectivity index (χ0n) is 14.6. The Morgan fingerprint density at radius 2 is 2.00 bits per heavy atom. The minimum atomic E-state index is -4.09. The molecule has 0 bridgehead atoms. The Kier molecular flexibility index (Phi) is 6.08. The molecule has 2 rings (SSSR count). The molecular formula is C14H19N3O9S. The summed E-state index contributed by atoms with van der Waals surface area (Å²) in [7, 11) is -4.09. The predicted octanol–water partition coefficient (Wildman–Crippen LogP) is 0.196. The smallest absolute Gasteiger partial charge is 0.288 e. The molecule has 0 aromatic heterocycles. The molecule has 13 heteroatoms. The van der Waals surface area contributed by atoms with Crippen LogP contribution in [-0.2, 0) is 19.1 Å². The van der Waals surface area contributed by atoms with Crippen LogP contribution in [0.5, 0.6) is 11.5 Å². The number of nitro groups is 1.